The van der Waals surface area contributed by atoms with Crippen molar-refractivity contribution in [3.05, 3.63) is 66.2 Å². The lowest BCUT2D eigenvalue weighted by Crippen LogP contribution is -2.45. The average Bonchev–Trinajstić information content (AvgIpc) is 2.67. The molecule has 0 aliphatic rings. The van der Waals surface area contributed by atoms with Crippen LogP contribution in [-0.2, 0) is 25.7 Å². The normalized spacial score (nSPS) is 11.1. The zero-order valence-electron chi connectivity index (χ0n) is 14.3. The molecule has 0 saturated heterocycles. The Labute approximate surface area is 151 Å². The maximum absolute atomic E-state index is 12.4. The highest BCUT2D eigenvalue weighted by Crippen LogP contribution is 2.08. The Hall–Kier alpha value is -3.35. The van der Waals surface area contributed by atoms with Crippen molar-refractivity contribution in [1.82, 2.24) is 5.32 Å². The molecule has 1 atom stereocenters. The topological polar surface area (TPSA) is 93.7 Å². The lowest BCUT2D eigenvalue weighted by molar-refractivity contribution is -0.142. The number of alkyl carbamates (subject to hydrolysis) is 1. The maximum atomic E-state index is 12.4. The van der Waals surface area contributed by atoms with E-state index in [4.69, 9.17) is 4.74 Å². The number of nitrogens with one attached hydrogen (secondary N) is 2. The molecular formula is C19H20N2O5. The number of benzene rings is 2. The van der Waals surface area contributed by atoms with E-state index in [1.54, 1.807) is 42.5 Å². The van der Waals surface area contributed by atoms with Gasteiger partial charge in [-0.15, -0.1) is 0 Å². The van der Waals surface area contributed by atoms with Gasteiger partial charge in [-0.3, -0.25) is 9.59 Å². The molecule has 26 heavy (non-hydrogen) atoms. The number of hydrogen-bond acceptors (Lipinski definition) is 5. The highest BCUT2D eigenvalue weighted by Gasteiger charge is 2.25. The average molecular weight is 356 g/mol. The summed E-state index contributed by atoms with van der Waals surface area (Å²) >= 11 is 0. The Bertz CT molecular complexity index is 734. The molecular weight excluding hydrogens is 336 g/mol. The van der Waals surface area contributed by atoms with Crippen LogP contribution in [0.1, 0.15) is 12.0 Å². The van der Waals surface area contributed by atoms with Crippen molar-refractivity contribution >= 4 is 23.7 Å². The van der Waals surface area contributed by atoms with Crippen LogP contribution in [0.3, 0.4) is 0 Å². The smallest absolute Gasteiger partial charge is 0.408 e. The predicted molar refractivity (Wildman–Crippen MR) is 95.3 cm³/mol. The summed E-state index contributed by atoms with van der Waals surface area (Å²) in [5.74, 6) is -1.17. The van der Waals surface area contributed by atoms with Gasteiger partial charge in [-0.25, -0.2) is 4.79 Å². The van der Waals surface area contributed by atoms with Crippen LogP contribution < -0.4 is 10.6 Å². The highest BCUT2D eigenvalue weighted by atomic mass is 16.5. The fraction of sp³-hybridized carbons (Fsp3) is 0.211. The third kappa shape index (κ3) is 6.27. The van der Waals surface area contributed by atoms with Crippen molar-refractivity contribution in [2.24, 2.45) is 0 Å². The lowest BCUT2D eigenvalue weighted by atomic mass is 10.2. The molecule has 136 valence electrons. The molecule has 7 heteroatoms. The van der Waals surface area contributed by atoms with Crippen LogP contribution in [0.25, 0.3) is 0 Å². The SMILES string of the molecule is COC(=O)C[C@@H](NC(=O)OCc1ccccc1)C(=O)Nc1ccccc1. The molecule has 0 saturated carbocycles. The quantitative estimate of drug-likeness (QED) is 0.744. The standard InChI is InChI=1S/C19H20N2O5/c1-25-17(22)12-16(18(23)20-15-10-6-3-7-11-15)21-19(24)26-13-14-8-4-2-5-9-14/h2-11,16H,12-13H2,1H3,(H,20,23)(H,21,24)/t16-/m1/s1. The molecule has 2 rings (SSSR count). The summed E-state index contributed by atoms with van der Waals surface area (Å²) in [5, 5.41) is 5.03. The van der Waals surface area contributed by atoms with Crippen molar-refractivity contribution in [2.45, 2.75) is 19.1 Å². The second-order valence-corrected chi connectivity index (χ2v) is 5.39. The summed E-state index contributed by atoms with van der Waals surface area (Å²) in [5.41, 5.74) is 1.35. The number of para-hydroxylation sites is 1. The van der Waals surface area contributed by atoms with Crippen LogP contribution in [0.15, 0.2) is 60.7 Å². The largest absolute Gasteiger partial charge is 0.469 e. The van der Waals surface area contributed by atoms with Crippen LogP contribution in [0, 0.1) is 0 Å². The first-order valence-corrected chi connectivity index (χ1v) is 7.98. The summed E-state index contributed by atoms with van der Waals surface area (Å²) < 4.78 is 9.67. The molecule has 7 nitrogen and oxygen atoms in total. The van der Waals surface area contributed by atoms with Gasteiger partial charge >= 0.3 is 12.1 Å². The first-order valence-electron chi connectivity index (χ1n) is 7.98. The number of ether oxygens (including phenoxy) is 2. The van der Waals surface area contributed by atoms with Crippen molar-refractivity contribution in [3.63, 3.8) is 0 Å². The summed E-state index contributed by atoms with van der Waals surface area (Å²) in [7, 11) is 1.21. The molecule has 0 fully saturated rings. The minimum atomic E-state index is -1.12. The fourth-order valence-electron chi connectivity index (χ4n) is 2.12. The number of hydrogen-bond donors (Lipinski definition) is 2. The van der Waals surface area contributed by atoms with E-state index in [9.17, 15) is 14.4 Å². The van der Waals surface area contributed by atoms with E-state index in [0.717, 1.165) is 5.56 Å². The van der Waals surface area contributed by atoms with Gasteiger partial charge < -0.3 is 20.1 Å². The van der Waals surface area contributed by atoms with Crippen LogP contribution in [0.5, 0.6) is 0 Å². The molecule has 0 aliphatic carbocycles. The van der Waals surface area contributed by atoms with Gasteiger partial charge in [0.05, 0.1) is 13.5 Å². The summed E-state index contributed by atoms with van der Waals surface area (Å²) in [6, 6.07) is 16.7. The van der Waals surface area contributed by atoms with Crippen molar-refractivity contribution in [1.29, 1.82) is 0 Å². The van der Waals surface area contributed by atoms with Gasteiger partial charge in [-0.2, -0.15) is 0 Å². The second-order valence-electron chi connectivity index (χ2n) is 5.39. The molecule has 0 unspecified atom stereocenters. The van der Waals surface area contributed by atoms with Gasteiger partial charge in [0.15, 0.2) is 0 Å². The summed E-state index contributed by atoms with van der Waals surface area (Å²) in [4.78, 5) is 35.9. The van der Waals surface area contributed by atoms with Gasteiger partial charge in [-0.1, -0.05) is 48.5 Å². The van der Waals surface area contributed by atoms with E-state index >= 15 is 0 Å². The fourth-order valence-corrected chi connectivity index (χ4v) is 2.12. The lowest BCUT2D eigenvalue weighted by Gasteiger charge is -2.17. The Morgan fingerprint density at radius 1 is 0.962 bits per heavy atom. The van der Waals surface area contributed by atoms with Crippen molar-refractivity contribution < 1.29 is 23.9 Å². The second kappa shape index (κ2) is 9.83. The van der Waals surface area contributed by atoms with Gasteiger partial charge in [0, 0.05) is 5.69 Å². The molecule has 0 spiro atoms. The molecule has 2 N–H and O–H groups in total. The van der Waals surface area contributed by atoms with E-state index in [-0.39, 0.29) is 13.0 Å². The minimum absolute atomic E-state index is 0.0535. The number of esters is 1. The Kier molecular flexibility index (Phi) is 7.17. The molecule has 2 aromatic rings. The number of anilines is 1. The number of amides is 2. The molecule has 2 aromatic carbocycles. The van der Waals surface area contributed by atoms with Gasteiger partial charge in [0.2, 0.25) is 5.91 Å². The number of rotatable bonds is 7. The Balaban J connectivity index is 1.95. The van der Waals surface area contributed by atoms with Crippen LogP contribution >= 0.6 is 0 Å². The van der Waals surface area contributed by atoms with E-state index in [1.807, 2.05) is 18.2 Å². The molecule has 0 radical (unpaired) electrons. The third-order valence-corrected chi connectivity index (χ3v) is 3.46. The third-order valence-electron chi connectivity index (χ3n) is 3.46. The van der Waals surface area contributed by atoms with Crippen molar-refractivity contribution in [2.75, 3.05) is 12.4 Å². The zero-order chi connectivity index (χ0) is 18.8. The van der Waals surface area contributed by atoms with Crippen LogP contribution in [-0.4, -0.2) is 31.1 Å². The Morgan fingerprint density at radius 2 is 1.58 bits per heavy atom. The van der Waals surface area contributed by atoms with E-state index in [2.05, 4.69) is 15.4 Å². The summed E-state index contributed by atoms with van der Waals surface area (Å²) in [6.07, 6.45) is -1.11. The first kappa shape index (κ1) is 19.0. The molecule has 0 heterocycles. The van der Waals surface area contributed by atoms with Gasteiger partial charge in [0.1, 0.15) is 12.6 Å². The molecule has 0 aliphatic heterocycles. The van der Waals surface area contributed by atoms with E-state index in [0.29, 0.717) is 5.69 Å². The number of carbonyl (C=O) groups excluding carboxylic acids is 3. The molecule has 0 aromatic heterocycles. The van der Waals surface area contributed by atoms with Gasteiger partial charge in [0.25, 0.3) is 0 Å². The monoisotopic (exact) mass is 356 g/mol. The minimum Gasteiger partial charge on any atom is -0.469 e. The van der Waals surface area contributed by atoms with Crippen LogP contribution in [0.4, 0.5) is 10.5 Å². The maximum Gasteiger partial charge on any atom is 0.408 e. The van der Waals surface area contributed by atoms with E-state index < -0.39 is 24.0 Å². The predicted octanol–water partition coefficient (Wildman–Crippen LogP) is 2.48. The van der Waals surface area contributed by atoms with E-state index in [1.165, 1.54) is 7.11 Å². The van der Waals surface area contributed by atoms with Crippen molar-refractivity contribution in [3.8, 4) is 0 Å². The number of carbonyl (C=O) groups is 3. The van der Waals surface area contributed by atoms with Crippen LogP contribution in [0.2, 0.25) is 0 Å². The first-order chi connectivity index (χ1) is 12.6. The Morgan fingerprint density at radius 3 is 2.19 bits per heavy atom. The summed E-state index contributed by atoms with van der Waals surface area (Å²) in [6.45, 7) is 0.0535. The molecule has 2 amide bonds. The number of methoxy groups -OCH3 is 1. The highest BCUT2D eigenvalue weighted by molar-refractivity contribution is 5.98. The molecule has 0 bridgehead atoms. The van der Waals surface area contributed by atoms with Gasteiger partial charge in [-0.05, 0) is 17.7 Å². The zero-order valence-corrected chi connectivity index (χ0v) is 14.3.